The maximum atomic E-state index is 12.2. The van der Waals surface area contributed by atoms with Crippen molar-refractivity contribution in [1.82, 2.24) is 9.97 Å². The largest absolute Gasteiger partial charge is 0.495 e. The molecule has 7 nitrogen and oxygen atoms in total. The molecule has 0 saturated heterocycles. The molecule has 0 saturated carbocycles. The maximum Gasteiger partial charge on any atom is 0.276 e. The summed E-state index contributed by atoms with van der Waals surface area (Å²) in [5.41, 5.74) is 0.175. The Hall–Kier alpha value is -2.19. The third-order valence-electron chi connectivity index (χ3n) is 2.62. The number of nitrogens with zero attached hydrogens (tertiary/aromatic N) is 2. The van der Waals surface area contributed by atoms with Crippen molar-refractivity contribution < 1.29 is 17.9 Å². The first-order chi connectivity index (χ1) is 10.3. The molecule has 1 amide bonds. The Morgan fingerprint density at radius 3 is 2.64 bits per heavy atom. The van der Waals surface area contributed by atoms with Crippen LogP contribution in [0, 0.1) is 0 Å². The molecule has 0 fully saturated rings. The molecule has 0 bridgehead atoms. The van der Waals surface area contributed by atoms with Crippen molar-refractivity contribution in [2.75, 3.05) is 18.7 Å². The molecule has 2 aromatic rings. The molecule has 0 unspecified atom stereocenters. The van der Waals surface area contributed by atoms with Crippen molar-refractivity contribution in [2.24, 2.45) is 0 Å². The lowest BCUT2D eigenvalue weighted by Gasteiger charge is -2.10. The highest BCUT2D eigenvalue weighted by atomic mass is 35.5. The zero-order chi connectivity index (χ0) is 16.3. The van der Waals surface area contributed by atoms with Gasteiger partial charge in [0, 0.05) is 6.26 Å². The SMILES string of the molecule is COc1ccccc1NC(=O)c1nc(S(C)(=O)=O)ncc1Cl. The van der Waals surface area contributed by atoms with Gasteiger partial charge in [-0.2, -0.15) is 0 Å². The topological polar surface area (TPSA) is 98.2 Å². The molecule has 0 radical (unpaired) electrons. The van der Waals surface area contributed by atoms with E-state index in [2.05, 4.69) is 15.3 Å². The Labute approximate surface area is 132 Å². The summed E-state index contributed by atoms with van der Waals surface area (Å²) < 4.78 is 28.0. The molecule has 1 aromatic heterocycles. The number of para-hydroxylation sites is 2. The van der Waals surface area contributed by atoms with Gasteiger partial charge in [0.2, 0.25) is 15.0 Å². The second-order valence-electron chi connectivity index (χ2n) is 4.28. The van der Waals surface area contributed by atoms with Crippen LogP contribution in [0.15, 0.2) is 35.6 Å². The zero-order valence-corrected chi connectivity index (χ0v) is 13.3. The van der Waals surface area contributed by atoms with Crippen LogP contribution in [0.25, 0.3) is 0 Å². The van der Waals surface area contributed by atoms with Gasteiger partial charge < -0.3 is 10.1 Å². The number of carbonyl (C=O) groups is 1. The van der Waals surface area contributed by atoms with E-state index < -0.39 is 20.9 Å². The number of rotatable bonds is 4. The fraction of sp³-hybridized carbons (Fsp3) is 0.154. The van der Waals surface area contributed by atoms with Crippen molar-refractivity contribution in [1.29, 1.82) is 0 Å². The average Bonchev–Trinajstić information content (AvgIpc) is 2.47. The van der Waals surface area contributed by atoms with Gasteiger partial charge in [-0.3, -0.25) is 4.79 Å². The summed E-state index contributed by atoms with van der Waals surface area (Å²) in [6, 6.07) is 6.75. The summed E-state index contributed by atoms with van der Waals surface area (Å²) in [7, 11) is -2.18. The van der Waals surface area contributed by atoms with Crippen LogP contribution in [0.1, 0.15) is 10.5 Å². The van der Waals surface area contributed by atoms with E-state index in [-0.39, 0.29) is 10.7 Å². The molecule has 22 heavy (non-hydrogen) atoms. The predicted molar refractivity (Wildman–Crippen MR) is 81.1 cm³/mol. The van der Waals surface area contributed by atoms with Crippen LogP contribution in [0.5, 0.6) is 5.75 Å². The van der Waals surface area contributed by atoms with Gasteiger partial charge in [0.1, 0.15) is 5.75 Å². The highest BCUT2D eigenvalue weighted by Crippen LogP contribution is 2.24. The number of carbonyl (C=O) groups excluding carboxylic acids is 1. The molecule has 1 aromatic carbocycles. The first kappa shape index (κ1) is 16.2. The van der Waals surface area contributed by atoms with E-state index in [1.165, 1.54) is 7.11 Å². The third-order valence-corrected chi connectivity index (χ3v) is 3.76. The number of sulfone groups is 1. The fourth-order valence-electron chi connectivity index (χ4n) is 1.62. The van der Waals surface area contributed by atoms with Crippen molar-refractivity contribution >= 4 is 33.0 Å². The van der Waals surface area contributed by atoms with Crippen LogP contribution in [-0.4, -0.2) is 37.7 Å². The minimum absolute atomic E-state index is 0.0557. The predicted octanol–water partition coefficient (Wildman–Crippen LogP) is 1.79. The van der Waals surface area contributed by atoms with Crippen molar-refractivity contribution in [3.63, 3.8) is 0 Å². The molecular weight excluding hydrogens is 330 g/mol. The second-order valence-corrected chi connectivity index (χ2v) is 6.59. The number of benzene rings is 1. The first-order valence-electron chi connectivity index (χ1n) is 6.00. The molecular formula is C13H12ClN3O4S. The summed E-state index contributed by atoms with van der Waals surface area (Å²) >= 11 is 5.87. The Morgan fingerprint density at radius 2 is 2.00 bits per heavy atom. The molecule has 116 valence electrons. The van der Waals surface area contributed by atoms with Crippen molar-refractivity contribution in [2.45, 2.75) is 5.16 Å². The summed E-state index contributed by atoms with van der Waals surface area (Å²) in [4.78, 5) is 19.6. The second kappa shape index (κ2) is 6.29. The van der Waals surface area contributed by atoms with E-state index >= 15 is 0 Å². The number of hydrogen-bond acceptors (Lipinski definition) is 6. The van der Waals surface area contributed by atoms with Crippen LogP contribution < -0.4 is 10.1 Å². The van der Waals surface area contributed by atoms with Gasteiger partial charge in [-0.05, 0) is 12.1 Å². The fourth-order valence-corrected chi connectivity index (χ4v) is 2.30. The Kier molecular flexibility index (Phi) is 4.62. The van der Waals surface area contributed by atoms with Crippen molar-refractivity contribution in [3.8, 4) is 5.75 Å². The molecule has 1 N–H and O–H groups in total. The zero-order valence-electron chi connectivity index (χ0n) is 11.7. The average molecular weight is 342 g/mol. The van der Waals surface area contributed by atoms with E-state index in [0.29, 0.717) is 11.4 Å². The van der Waals surface area contributed by atoms with Crippen molar-refractivity contribution in [3.05, 3.63) is 41.2 Å². The van der Waals surface area contributed by atoms with Crippen LogP contribution in [0.2, 0.25) is 5.02 Å². The number of methoxy groups -OCH3 is 1. The van der Waals surface area contributed by atoms with Gasteiger partial charge >= 0.3 is 0 Å². The van der Waals surface area contributed by atoms with E-state index in [0.717, 1.165) is 12.5 Å². The molecule has 1 heterocycles. The lowest BCUT2D eigenvalue weighted by molar-refractivity contribution is 0.102. The Morgan fingerprint density at radius 1 is 1.32 bits per heavy atom. The van der Waals surface area contributed by atoms with Crippen LogP contribution in [-0.2, 0) is 9.84 Å². The van der Waals surface area contributed by atoms with Gasteiger partial charge in [-0.1, -0.05) is 23.7 Å². The van der Waals surface area contributed by atoms with E-state index in [9.17, 15) is 13.2 Å². The minimum atomic E-state index is -3.65. The quantitative estimate of drug-likeness (QED) is 0.851. The van der Waals surface area contributed by atoms with E-state index in [1.54, 1.807) is 24.3 Å². The minimum Gasteiger partial charge on any atom is -0.495 e. The standard InChI is InChI=1S/C13H12ClN3O4S/c1-21-10-6-4-3-5-9(10)16-12(18)11-8(14)7-15-13(17-11)22(2,19)20/h3-7H,1-2H3,(H,16,18). The first-order valence-corrected chi connectivity index (χ1v) is 8.27. The highest BCUT2D eigenvalue weighted by molar-refractivity contribution is 7.90. The molecule has 0 aliphatic rings. The maximum absolute atomic E-state index is 12.2. The molecule has 0 aliphatic heterocycles. The number of anilines is 1. The summed E-state index contributed by atoms with van der Waals surface area (Å²) in [6.45, 7) is 0. The lowest BCUT2D eigenvalue weighted by Crippen LogP contribution is -2.17. The number of nitrogens with one attached hydrogen (secondary N) is 1. The monoisotopic (exact) mass is 341 g/mol. The van der Waals surface area contributed by atoms with Gasteiger partial charge in [0.25, 0.3) is 5.91 Å². The molecule has 2 rings (SSSR count). The molecule has 0 spiro atoms. The normalized spacial score (nSPS) is 11.0. The van der Waals surface area contributed by atoms with Gasteiger partial charge in [-0.25, -0.2) is 18.4 Å². The van der Waals surface area contributed by atoms with Crippen LogP contribution in [0.4, 0.5) is 5.69 Å². The summed E-state index contributed by atoms with van der Waals surface area (Å²) in [6.07, 6.45) is 2.01. The Balaban J connectivity index is 2.38. The Bertz CT molecular complexity index is 824. The van der Waals surface area contributed by atoms with Crippen LogP contribution in [0.3, 0.4) is 0 Å². The van der Waals surface area contributed by atoms with E-state index in [1.807, 2.05) is 0 Å². The summed E-state index contributed by atoms with van der Waals surface area (Å²) in [5.74, 6) is -0.217. The smallest absolute Gasteiger partial charge is 0.276 e. The lowest BCUT2D eigenvalue weighted by atomic mass is 10.2. The molecule has 0 atom stereocenters. The molecule has 0 aliphatic carbocycles. The van der Waals surface area contributed by atoms with Gasteiger partial charge in [0.15, 0.2) is 5.69 Å². The molecule has 9 heteroatoms. The number of halogens is 1. The number of hydrogen-bond donors (Lipinski definition) is 1. The highest BCUT2D eigenvalue weighted by Gasteiger charge is 2.19. The van der Waals surface area contributed by atoms with Gasteiger partial charge in [0.05, 0.1) is 24.0 Å². The summed E-state index contributed by atoms with van der Waals surface area (Å²) in [5, 5.41) is 2.04. The number of amides is 1. The third kappa shape index (κ3) is 3.52. The number of aromatic nitrogens is 2. The van der Waals surface area contributed by atoms with Gasteiger partial charge in [-0.15, -0.1) is 0 Å². The van der Waals surface area contributed by atoms with E-state index in [4.69, 9.17) is 16.3 Å². The van der Waals surface area contributed by atoms with Crippen LogP contribution >= 0.6 is 11.6 Å². The number of ether oxygens (including phenoxy) is 1.